The third kappa shape index (κ3) is 3.02. The van der Waals surface area contributed by atoms with E-state index in [0.29, 0.717) is 12.1 Å². The van der Waals surface area contributed by atoms with Crippen LogP contribution >= 0.6 is 0 Å². The number of fused-ring (bicyclic) bond motifs is 1. The maximum Gasteiger partial charge on any atom is 0.0484 e. The second-order valence-corrected chi connectivity index (χ2v) is 7.14. The largest absolute Gasteiger partial charge is 0.309 e. The summed E-state index contributed by atoms with van der Waals surface area (Å²) in [4.78, 5) is 2.76. The fraction of sp³-hybridized carbons (Fsp3) is 0.684. The zero-order valence-corrected chi connectivity index (χ0v) is 13.8. The molecule has 4 unspecified atom stereocenters. The SMILES string of the molecule is CCCNC1c2ccccc2CC1N1CCC(C)C(C)C1. The number of piperidine rings is 1. The van der Waals surface area contributed by atoms with Gasteiger partial charge in [0.15, 0.2) is 0 Å². The van der Waals surface area contributed by atoms with Crippen molar-refractivity contribution in [3.05, 3.63) is 35.4 Å². The molecule has 4 atom stereocenters. The lowest BCUT2D eigenvalue weighted by atomic mass is 9.87. The van der Waals surface area contributed by atoms with Crippen molar-refractivity contribution in [1.29, 1.82) is 0 Å². The number of likely N-dealkylation sites (tertiary alicyclic amines) is 1. The van der Waals surface area contributed by atoms with Crippen LogP contribution in [0.2, 0.25) is 0 Å². The van der Waals surface area contributed by atoms with Crippen molar-refractivity contribution in [2.75, 3.05) is 19.6 Å². The molecule has 1 aromatic rings. The highest BCUT2D eigenvalue weighted by Crippen LogP contribution is 2.37. The van der Waals surface area contributed by atoms with Crippen molar-refractivity contribution < 1.29 is 0 Å². The van der Waals surface area contributed by atoms with Crippen molar-refractivity contribution in [2.45, 2.75) is 52.1 Å². The standard InChI is InChI=1S/C19H30N2/c1-4-10-20-19-17-8-6-5-7-16(17)12-18(19)21-11-9-14(2)15(3)13-21/h5-8,14-15,18-20H,4,9-13H2,1-3H3. The lowest BCUT2D eigenvalue weighted by Crippen LogP contribution is -2.49. The van der Waals surface area contributed by atoms with Crippen LogP contribution in [0.25, 0.3) is 0 Å². The number of nitrogens with one attached hydrogen (secondary N) is 1. The molecule has 116 valence electrons. The Kier molecular flexibility index (Phi) is 4.66. The van der Waals surface area contributed by atoms with Crippen LogP contribution in [0.1, 0.15) is 50.8 Å². The van der Waals surface area contributed by atoms with E-state index in [1.807, 2.05) is 0 Å². The third-order valence-electron chi connectivity index (χ3n) is 5.65. The van der Waals surface area contributed by atoms with Crippen LogP contribution in [0.4, 0.5) is 0 Å². The maximum absolute atomic E-state index is 3.82. The Morgan fingerprint density at radius 2 is 2.00 bits per heavy atom. The molecule has 0 spiro atoms. The van der Waals surface area contributed by atoms with Crippen LogP contribution in [0.5, 0.6) is 0 Å². The Hall–Kier alpha value is -0.860. The van der Waals surface area contributed by atoms with Gasteiger partial charge in [-0.25, -0.2) is 0 Å². The summed E-state index contributed by atoms with van der Waals surface area (Å²) in [7, 11) is 0. The summed E-state index contributed by atoms with van der Waals surface area (Å²) in [6.45, 7) is 10.8. The zero-order valence-electron chi connectivity index (χ0n) is 13.8. The predicted octanol–water partition coefficient (Wildman–Crippen LogP) is 3.63. The molecule has 1 N–H and O–H groups in total. The minimum atomic E-state index is 0.529. The molecule has 21 heavy (non-hydrogen) atoms. The van der Waals surface area contributed by atoms with Crippen molar-refractivity contribution in [2.24, 2.45) is 11.8 Å². The molecule has 0 saturated carbocycles. The van der Waals surface area contributed by atoms with Gasteiger partial charge in [-0.1, -0.05) is 45.0 Å². The second-order valence-electron chi connectivity index (χ2n) is 7.14. The first-order chi connectivity index (χ1) is 10.2. The molecule has 2 heteroatoms. The van der Waals surface area contributed by atoms with Gasteiger partial charge in [-0.3, -0.25) is 4.90 Å². The fourth-order valence-corrected chi connectivity index (χ4v) is 4.06. The van der Waals surface area contributed by atoms with E-state index in [-0.39, 0.29) is 0 Å². The molecule has 1 aliphatic carbocycles. The molecule has 2 aliphatic rings. The van der Waals surface area contributed by atoms with Crippen molar-refractivity contribution >= 4 is 0 Å². The Labute approximate surface area is 129 Å². The van der Waals surface area contributed by atoms with Gasteiger partial charge in [-0.2, -0.15) is 0 Å². The molecule has 1 aliphatic heterocycles. The van der Waals surface area contributed by atoms with Gasteiger partial charge in [-0.15, -0.1) is 0 Å². The van der Waals surface area contributed by atoms with Crippen LogP contribution in [-0.4, -0.2) is 30.6 Å². The van der Waals surface area contributed by atoms with E-state index in [2.05, 4.69) is 55.3 Å². The summed E-state index contributed by atoms with van der Waals surface area (Å²) in [6.07, 6.45) is 3.78. The van der Waals surface area contributed by atoms with Crippen LogP contribution in [0, 0.1) is 11.8 Å². The molecule has 1 fully saturated rings. The van der Waals surface area contributed by atoms with Crippen molar-refractivity contribution in [3.8, 4) is 0 Å². The summed E-state index contributed by atoms with van der Waals surface area (Å²) in [5.74, 6) is 1.71. The molecule has 2 nitrogen and oxygen atoms in total. The minimum absolute atomic E-state index is 0.529. The van der Waals surface area contributed by atoms with E-state index < -0.39 is 0 Å². The lowest BCUT2D eigenvalue weighted by molar-refractivity contribution is 0.0815. The molecule has 0 amide bonds. The molecular weight excluding hydrogens is 256 g/mol. The Balaban J connectivity index is 1.78. The van der Waals surface area contributed by atoms with Crippen LogP contribution in [0.3, 0.4) is 0 Å². The van der Waals surface area contributed by atoms with Gasteiger partial charge in [0.05, 0.1) is 0 Å². The average Bonchev–Trinajstić information content (AvgIpc) is 2.86. The molecule has 1 aromatic carbocycles. The summed E-state index contributed by atoms with van der Waals surface area (Å²) >= 11 is 0. The first-order valence-electron chi connectivity index (χ1n) is 8.76. The van der Waals surface area contributed by atoms with Gasteiger partial charge < -0.3 is 5.32 Å². The number of hydrogen-bond donors (Lipinski definition) is 1. The second kappa shape index (κ2) is 6.50. The highest BCUT2D eigenvalue weighted by atomic mass is 15.2. The van der Waals surface area contributed by atoms with E-state index in [1.54, 1.807) is 11.1 Å². The van der Waals surface area contributed by atoms with Crippen molar-refractivity contribution in [1.82, 2.24) is 10.2 Å². The maximum atomic E-state index is 3.82. The van der Waals surface area contributed by atoms with Gasteiger partial charge in [-0.05, 0) is 55.3 Å². The molecule has 0 aromatic heterocycles. The average molecular weight is 286 g/mol. The van der Waals surface area contributed by atoms with E-state index >= 15 is 0 Å². The monoisotopic (exact) mass is 286 g/mol. The van der Waals surface area contributed by atoms with Crippen LogP contribution in [0.15, 0.2) is 24.3 Å². The van der Waals surface area contributed by atoms with E-state index in [1.165, 1.54) is 32.4 Å². The Morgan fingerprint density at radius 3 is 2.76 bits per heavy atom. The zero-order chi connectivity index (χ0) is 14.8. The first kappa shape index (κ1) is 15.1. The molecule has 1 saturated heterocycles. The van der Waals surface area contributed by atoms with E-state index in [4.69, 9.17) is 0 Å². The Bertz CT molecular complexity index is 470. The van der Waals surface area contributed by atoms with Crippen LogP contribution < -0.4 is 5.32 Å². The fourth-order valence-electron chi connectivity index (χ4n) is 4.06. The Morgan fingerprint density at radius 1 is 1.19 bits per heavy atom. The molecule has 0 radical (unpaired) electrons. The molecule has 0 bridgehead atoms. The third-order valence-corrected chi connectivity index (χ3v) is 5.65. The lowest BCUT2D eigenvalue weighted by Gasteiger charge is -2.41. The summed E-state index contributed by atoms with van der Waals surface area (Å²) in [5, 5.41) is 3.82. The minimum Gasteiger partial charge on any atom is -0.309 e. The van der Waals surface area contributed by atoms with Gasteiger partial charge in [0, 0.05) is 18.6 Å². The highest BCUT2D eigenvalue weighted by molar-refractivity contribution is 5.37. The number of rotatable bonds is 4. The quantitative estimate of drug-likeness (QED) is 0.909. The predicted molar refractivity (Wildman–Crippen MR) is 89.5 cm³/mol. The number of nitrogens with zero attached hydrogens (tertiary/aromatic N) is 1. The van der Waals surface area contributed by atoms with E-state index in [9.17, 15) is 0 Å². The highest BCUT2D eigenvalue weighted by Gasteiger charge is 2.37. The molecule has 3 rings (SSSR count). The van der Waals surface area contributed by atoms with Crippen molar-refractivity contribution in [3.63, 3.8) is 0 Å². The smallest absolute Gasteiger partial charge is 0.0484 e. The first-order valence-corrected chi connectivity index (χ1v) is 8.76. The topological polar surface area (TPSA) is 15.3 Å². The molecular formula is C19H30N2. The summed E-state index contributed by atoms with van der Waals surface area (Å²) in [6, 6.07) is 10.2. The van der Waals surface area contributed by atoms with E-state index in [0.717, 1.165) is 18.4 Å². The van der Waals surface area contributed by atoms with Gasteiger partial charge in [0.1, 0.15) is 0 Å². The normalized spacial score (nSPS) is 33.1. The van der Waals surface area contributed by atoms with Crippen LogP contribution in [-0.2, 0) is 6.42 Å². The summed E-state index contributed by atoms with van der Waals surface area (Å²) < 4.78 is 0. The van der Waals surface area contributed by atoms with Gasteiger partial charge in [0.25, 0.3) is 0 Å². The number of hydrogen-bond acceptors (Lipinski definition) is 2. The van der Waals surface area contributed by atoms with Gasteiger partial charge >= 0.3 is 0 Å². The van der Waals surface area contributed by atoms with Gasteiger partial charge in [0.2, 0.25) is 0 Å². The molecule has 1 heterocycles. The summed E-state index contributed by atoms with van der Waals surface area (Å²) in [5.41, 5.74) is 3.10. The number of benzene rings is 1.